The maximum Gasteiger partial charge on any atom is 0.410 e. The lowest BCUT2D eigenvalue weighted by atomic mass is 9.91. The number of likely N-dealkylation sites (tertiary alicyclic amines) is 2. The number of carbonyl (C=O) groups is 5. The highest BCUT2D eigenvalue weighted by atomic mass is 16.7. The van der Waals surface area contributed by atoms with Crippen molar-refractivity contribution in [2.24, 2.45) is 0 Å². The molecule has 10 rings (SSSR count). The Kier molecular flexibility index (Phi) is 18.8. The average molecular weight is 1140 g/mol. The third kappa shape index (κ3) is 15.1. The van der Waals surface area contributed by atoms with E-state index in [1.807, 2.05) is 29.2 Å². The normalized spacial score (nSPS) is 19.5. The van der Waals surface area contributed by atoms with E-state index < -0.39 is 35.9 Å². The van der Waals surface area contributed by atoms with Gasteiger partial charge in [-0.15, -0.1) is 0 Å². The third-order valence-electron chi connectivity index (χ3n) is 15.4. The number of nitrogens with zero attached hydrogens (tertiary/aromatic N) is 9. The van der Waals surface area contributed by atoms with E-state index in [0.29, 0.717) is 74.8 Å². The number of hydrogen-bond acceptors (Lipinski definition) is 20. The van der Waals surface area contributed by atoms with Crippen molar-refractivity contribution in [2.45, 2.75) is 128 Å². The number of anilines is 4. The van der Waals surface area contributed by atoms with E-state index >= 15 is 0 Å². The Hall–Kier alpha value is -7.61. The van der Waals surface area contributed by atoms with Crippen molar-refractivity contribution >= 4 is 53.3 Å². The molecule has 4 aromatic rings. The molecule has 6 aliphatic rings. The van der Waals surface area contributed by atoms with Crippen LogP contribution < -0.4 is 41.1 Å². The number of nitrogens with one attached hydrogen (secondary N) is 5. The second-order valence-electron chi connectivity index (χ2n) is 22.9. The van der Waals surface area contributed by atoms with E-state index in [9.17, 15) is 39.3 Å². The first kappa shape index (κ1) is 59.0. The molecule has 4 fully saturated rings. The van der Waals surface area contributed by atoms with Crippen molar-refractivity contribution in [1.82, 2.24) is 50.6 Å². The number of methoxy groups -OCH3 is 1. The molecular weight excluding hydrogens is 1060 g/mol. The molecule has 4 atom stereocenters. The first-order chi connectivity index (χ1) is 39.2. The lowest BCUT2D eigenvalue weighted by Gasteiger charge is -2.40. The molecule has 5 amide bonds. The SMILES string of the molecule is CC(=O)N1CC(Nc2cc(C(=O)NC[C@@H](O)[C@@H]3Cc4ccc(O)cc4CN3)nc(N3CCCC3)n2)C1.COCOc1ccc2c(c1)CN(C(=O)OC(C)(C)C)[C@H]([C@H](O)CNC(=O)c1cc(NC3CN(C(C)=O)C3)nc(N3CCCC3)n1)C2. The molecule has 2 aromatic carbocycles. The van der Waals surface area contributed by atoms with E-state index in [2.05, 4.69) is 51.4 Å². The highest BCUT2D eigenvalue weighted by molar-refractivity contribution is 5.94. The predicted octanol–water partition coefficient (Wildman–Crippen LogP) is 2.39. The Morgan fingerprint density at radius 2 is 1.21 bits per heavy atom. The minimum Gasteiger partial charge on any atom is -0.508 e. The lowest BCUT2D eigenvalue weighted by molar-refractivity contribution is -0.133. The smallest absolute Gasteiger partial charge is 0.410 e. The monoisotopic (exact) mass is 1130 g/mol. The summed E-state index contributed by atoms with van der Waals surface area (Å²) in [4.78, 5) is 90.4. The van der Waals surface area contributed by atoms with Gasteiger partial charge in [0.1, 0.15) is 40.1 Å². The van der Waals surface area contributed by atoms with Gasteiger partial charge in [0.25, 0.3) is 11.8 Å². The summed E-state index contributed by atoms with van der Waals surface area (Å²) >= 11 is 0. The molecule has 0 bridgehead atoms. The van der Waals surface area contributed by atoms with Crippen LogP contribution in [0.3, 0.4) is 0 Å². The molecule has 8 N–H and O–H groups in total. The number of aromatic nitrogens is 4. The Labute approximate surface area is 477 Å². The number of carbonyl (C=O) groups excluding carboxylic acids is 5. The zero-order chi connectivity index (χ0) is 58.2. The van der Waals surface area contributed by atoms with Gasteiger partial charge in [-0.3, -0.25) is 24.1 Å². The van der Waals surface area contributed by atoms with E-state index in [-0.39, 0.29) is 79.4 Å². The minimum atomic E-state index is -1.10. The van der Waals surface area contributed by atoms with Gasteiger partial charge in [-0.05, 0) is 106 Å². The zero-order valence-corrected chi connectivity index (χ0v) is 47.7. The van der Waals surface area contributed by atoms with Crippen LogP contribution in [-0.2, 0) is 45.0 Å². The van der Waals surface area contributed by atoms with Gasteiger partial charge in [-0.2, -0.15) is 9.97 Å². The summed E-state index contributed by atoms with van der Waals surface area (Å²) in [6.07, 6.45) is 2.67. The van der Waals surface area contributed by atoms with Gasteiger partial charge in [0.15, 0.2) is 6.79 Å². The highest BCUT2D eigenvalue weighted by Crippen LogP contribution is 2.31. The number of hydrogen-bond donors (Lipinski definition) is 8. The second kappa shape index (κ2) is 26.1. The molecule has 25 heteroatoms. The Bertz CT molecular complexity index is 2940. The second-order valence-corrected chi connectivity index (χ2v) is 22.9. The number of phenolic OH excluding ortho intramolecular Hbond substituents is 1. The van der Waals surface area contributed by atoms with Gasteiger partial charge < -0.3 is 75.7 Å². The molecular formula is C57H78N14O11. The number of ether oxygens (including phenoxy) is 3. The molecule has 8 heterocycles. The van der Waals surface area contributed by atoms with E-state index in [1.54, 1.807) is 68.9 Å². The topological polar surface area (TPSA) is 302 Å². The molecule has 0 spiro atoms. The number of aliphatic hydroxyl groups excluding tert-OH is 2. The summed E-state index contributed by atoms with van der Waals surface area (Å²) in [6.45, 7) is 14.9. The largest absolute Gasteiger partial charge is 0.508 e. The molecule has 0 aliphatic carbocycles. The Morgan fingerprint density at radius 1 is 0.683 bits per heavy atom. The number of aliphatic hydroxyl groups is 2. The Balaban J connectivity index is 0.000000203. The zero-order valence-electron chi connectivity index (χ0n) is 47.7. The third-order valence-corrected chi connectivity index (χ3v) is 15.4. The van der Waals surface area contributed by atoms with Crippen LogP contribution in [0.15, 0.2) is 48.5 Å². The fourth-order valence-electron chi connectivity index (χ4n) is 10.8. The summed E-state index contributed by atoms with van der Waals surface area (Å²) in [6, 6.07) is 13.3. The van der Waals surface area contributed by atoms with Crippen molar-refractivity contribution in [3.8, 4) is 11.5 Å². The molecule has 82 heavy (non-hydrogen) atoms. The fourth-order valence-corrected chi connectivity index (χ4v) is 10.8. The number of phenols is 1. The maximum absolute atomic E-state index is 13.4. The van der Waals surface area contributed by atoms with Gasteiger partial charge in [-0.25, -0.2) is 14.8 Å². The van der Waals surface area contributed by atoms with Crippen molar-refractivity contribution in [1.29, 1.82) is 0 Å². The lowest BCUT2D eigenvalue weighted by Crippen LogP contribution is -2.56. The number of rotatable bonds is 17. The van der Waals surface area contributed by atoms with Crippen LogP contribution in [0.2, 0.25) is 0 Å². The summed E-state index contributed by atoms with van der Waals surface area (Å²) in [5.41, 5.74) is 3.58. The molecule has 25 nitrogen and oxygen atoms in total. The average Bonchev–Trinajstić information content (AvgIpc) is 4.31. The number of benzene rings is 2. The summed E-state index contributed by atoms with van der Waals surface area (Å²) in [5.74, 6) is 2.09. The van der Waals surface area contributed by atoms with Gasteiger partial charge >= 0.3 is 6.09 Å². The molecule has 0 unspecified atom stereocenters. The van der Waals surface area contributed by atoms with E-state index in [1.165, 1.54) is 11.8 Å². The van der Waals surface area contributed by atoms with Gasteiger partial charge in [0.05, 0.1) is 30.3 Å². The highest BCUT2D eigenvalue weighted by Gasteiger charge is 2.38. The van der Waals surface area contributed by atoms with Crippen molar-refractivity contribution in [3.05, 3.63) is 82.2 Å². The summed E-state index contributed by atoms with van der Waals surface area (Å²) in [5, 5.41) is 47.4. The van der Waals surface area contributed by atoms with Crippen molar-refractivity contribution in [3.63, 3.8) is 0 Å². The van der Waals surface area contributed by atoms with Gasteiger partial charge in [0.2, 0.25) is 23.7 Å². The van der Waals surface area contributed by atoms with Crippen LogP contribution >= 0.6 is 0 Å². The first-order valence-corrected chi connectivity index (χ1v) is 28.3. The maximum atomic E-state index is 13.4. The summed E-state index contributed by atoms with van der Waals surface area (Å²) in [7, 11) is 1.54. The number of aromatic hydroxyl groups is 1. The molecule has 2 aromatic heterocycles. The number of amides is 5. The van der Waals surface area contributed by atoms with Crippen LogP contribution in [0, 0.1) is 0 Å². The van der Waals surface area contributed by atoms with Gasteiger partial charge in [-0.1, -0.05) is 12.1 Å². The quantitative estimate of drug-likeness (QED) is 0.0704. The van der Waals surface area contributed by atoms with Crippen LogP contribution in [0.1, 0.15) is 104 Å². The molecule has 4 saturated heterocycles. The van der Waals surface area contributed by atoms with Crippen LogP contribution in [0.5, 0.6) is 11.5 Å². The van der Waals surface area contributed by atoms with E-state index in [4.69, 9.17) is 14.2 Å². The van der Waals surface area contributed by atoms with Gasteiger partial charge in [0, 0.05) is 118 Å². The van der Waals surface area contributed by atoms with Crippen molar-refractivity contribution < 1.29 is 53.5 Å². The summed E-state index contributed by atoms with van der Waals surface area (Å²) < 4.78 is 16.3. The predicted molar refractivity (Wildman–Crippen MR) is 304 cm³/mol. The molecule has 6 aliphatic heterocycles. The standard InChI is InChI=1S/C32H45N7O7.C25H33N7O4/c1-20(40)38-17-23(18-38)34-28-14-25(35-30(36-28)37-10-6-7-11-37)29(42)33-15-27(41)26-13-21-8-9-24(45-19-44-5)12-22(21)16-39(26)31(43)46-32(2,3)4;1-15(33)32-13-18(14-32)28-23-10-21(29-25(30-23)31-6-2-3-7-31)24(36)27-12-22(35)20-9-16-4-5-19(34)8-17(16)11-26-20/h8-9,12,14,23,26-27,41H,6-7,10-11,13,15-19H2,1-5H3,(H,33,42)(H,34,35,36);4-5,8,10,18,20,22,26,34-35H,2-3,6-7,9,11-14H2,1H3,(H,27,36)(H,28,29,30)/t26-,27+;20-,22+/m00/s1. The van der Waals surface area contributed by atoms with Crippen LogP contribution in [0.4, 0.5) is 28.3 Å². The molecule has 0 radical (unpaired) electrons. The first-order valence-electron chi connectivity index (χ1n) is 28.3. The van der Waals surface area contributed by atoms with E-state index in [0.717, 1.165) is 74.1 Å². The minimum absolute atomic E-state index is 0.0182. The Morgan fingerprint density at radius 3 is 1.73 bits per heavy atom. The van der Waals surface area contributed by atoms with Crippen molar-refractivity contribution in [2.75, 3.05) is 99.8 Å². The number of fused-ring (bicyclic) bond motifs is 2. The fraction of sp³-hybridized carbons (Fsp3) is 0.561. The van der Waals surface area contributed by atoms with Crippen LogP contribution in [0.25, 0.3) is 0 Å². The van der Waals surface area contributed by atoms with Crippen LogP contribution in [-0.4, -0.2) is 201 Å². The molecule has 0 saturated carbocycles. The molecule has 442 valence electrons.